The summed E-state index contributed by atoms with van der Waals surface area (Å²) in [5.41, 5.74) is 8.92. The van der Waals surface area contributed by atoms with E-state index in [0.29, 0.717) is 21.6 Å². The molecule has 0 fully saturated rings. The van der Waals surface area contributed by atoms with Crippen LogP contribution in [-0.4, -0.2) is 0 Å². The smallest absolute Gasteiger partial charge is 0.0499 e. The van der Waals surface area contributed by atoms with Crippen molar-refractivity contribution in [2.75, 3.05) is 0 Å². The summed E-state index contributed by atoms with van der Waals surface area (Å²) >= 11 is 20.0. The molecule has 0 saturated heterocycles. The van der Waals surface area contributed by atoms with Crippen molar-refractivity contribution in [3.8, 4) is 21.6 Å². The minimum Gasteiger partial charge on any atom is -0.326 e. The van der Waals surface area contributed by atoms with E-state index in [9.17, 15) is 0 Å². The van der Waals surface area contributed by atoms with Crippen LogP contribution in [0.4, 0.5) is 0 Å². The Bertz CT molecular complexity index is 809. The fourth-order valence-electron chi connectivity index (χ4n) is 2.27. The van der Waals surface area contributed by atoms with Crippen LogP contribution in [0.2, 0.25) is 15.1 Å². The summed E-state index contributed by atoms with van der Waals surface area (Å²) in [6, 6.07) is 15.4. The van der Waals surface area contributed by atoms with Gasteiger partial charge in [0.25, 0.3) is 0 Å². The standard InChI is InChI=1S/C17H12Cl3NS/c18-11-3-1-10(2-4-11)17-15(8-13(9-21)22-17)14-6-5-12(19)7-16(14)20/h1-8H,9,21H2. The summed E-state index contributed by atoms with van der Waals surface area (Å²) < 4.78 is 0. The summed E-state index contributed by atoms with van der Waals surface area (Å²) in [6.07, 6.45) is 0. The Balaban J connectivity index is 2.18. The first-order valence-electron chi connectivity index (χ1n) is 6.62. The van der Waals surface area contributed by atoms with E-state index in [-0.39, 0.29) is 0 Å². The Morgan fingerprint density at radius 2 is 1.50 bits per heavy atom. The molecule has 2 aromatic carbocycles. The number of benzene rings is 2. The quantitative estimate of drug-likeness (QED) is 0.561. The Kier molecular flexibility index (Phi) is 4.76. The molecule has 5 heteroatoms. The second-order valence-electron chi connectivity index (χ2n) is 4.79. The van der Waals surface area contributed by atoms with Gasteiger partial charge in [-0.05, 0) is 35.9 Å². The Morgan fingerprint density at radius 3 is 2.14 bits per heavy atom. The molecule has 0 aliphatic heterocycles. The highest BCUT2D eigenvalue weighted by Crippen LogP contribution is 2.42. The molecule has 0 saturated carbocycles. The highest BCUT2D eigenvalue weighted by molar-refractivity contribution is 7.16. The summed E-state index contributed by atoms with van der Waals surface area (Å²) in [5.74, 6) is 0. The van der Waals surface area contributed by atoms with Crippen LogP contribution in [0.15, 0.2) is 48.5 Å². The second-order valence-corrected chi connectivity index (χ2v) is 7.21. The molecule has 0 atom stereocenters. The van der Waals surface area contributed by atoms with Gasteiger partial charge in [0, 0.05) is 42.5 Å². The van der Waals surface area contributed by atoms with Crippen LogP contribution >= 0.6 is 46.1 Å². The number of nitrogens with two attached hydrogens (primary N) is 1. The maximum absolute atomic E-state index is 6.37. The first kappa shape index (κ1) is 15.9. The second kappa shape index (κ2) is 6.61. The zero-order valence-electron chi connectivity index (χ0n) is 11.4. The third-order valence-electron chi connectivity index (χ3n) is 3.31. The predicted octanol–water partition coefficient (Wildman–Crippen LogP) is 6.50. The molecule has 0 aliphatic rings. The minimum absolute atomic E-state index is 0.496. The lowest BCUT2D eigenvalue weighted by Gasteiger charge is -2.07. The fourth-order valence-corrected chi connectivity index (χ4v) is 3.96. The van der Waals surface area contributed by atoms with E-state index in [4.69, 9.17) is 40.5 Å². The maximum atomic E-state index is 6.37. The summed E-state index contributed by atoms with van der Waals surface area (Å²) in [5, 5.41) is 1.96. The van der Waals surface area contributed by atoms with Crippen LogP contribution in [0, 0.1) is 0 Å². The maximum Gasteiger partial charge on any atom is 0.0499 e. The molecule has 0 bridgehead atoms. The molecule has 0 aliphatic carbocycles. The van der Waals surface area contributed by atoms with E-state index < -0.39 is 0 Å². The first-order valence-corrected chi connectivity index (χ1v) is 8.57. The van der Waals surface area contributed by atoms with Gasteiger partial charge in [-0.2, -0.15) is 0 Å². The summed E-state index contributed by atoms with van der Waals surface area (Å²) in [4.78, 5) is 2.23. The van der Waals surface area contributed by atoms with Gasteiger partial charge in [-0.3, -0.25) is 0 Å². The van der Waals surface area contributed by atoms with E-state index in [1.165, 1.54) is 0 Å². The third kappa shape index (κ3) is 3.17. The SMILES string of the molecule is NCc1cc(-c2ccc(Cl)cc2Cl)c(-c2ccc(Cl)cc2)s1. The van der Waals surface area contributed by atoms with Gasteiger partial charge in [-0.1, -0.05) is 53.0 Å². The Hall–Kier alpha value is -1.03. The van der Waals surface area contributed by atoms with Crippen molar-refractivity contribution in [3.63, 3.8) is 0 Å². The Labute approximate surface area is 148 Å². The van der Waals surface area contributed by atoms with Gasteiger partial charge >= 0.3 is 0 Å². The monoisotopic (exact) mass is 367 g/mol. The van der Waals surface area contributed by atoms with Crippen LogP contribution in [0.1, 0.15) is 4.88 Å². The molecule has 112 valence electrons. The molecule has 0 amide bonds. The number of hydrogen-bond acceptors (Lipinski definition) is 2. The van der Waals surface area contributed by atoms with Gasteiger partial charge in [0.15, 0.2) is 0 Å². The highest BCUT2D eigenvalue weighted by Gasteiger charge is 2.15. The molecule has 1 nitrogen and oxygen atoms in total. The van der Waals surface area contributed by atoms with Gasteiger partial charge in [0.1, 0.15) is 0 Å². The van der Waals surface area contributed by atoms with Crippen molar-refractivity contribution < 1.29 is 0 Å². The van der Waals surface area contributed by atoms with Crippen LogP contribution < -0.4 is 5.73 Å². The van der Waals surface area contributed by atoms with Crippen molar-refractivity contribution in [2.45, 2.75) is 6.54 Å². The average Bonchev–Trinajstić information content (AvgIpc) is 2.92. The molecule has 1 aromatic heterocycles. The average molecular weight is 369 g/mol. The van der Waals surface area contributed by atoms with E-state index in [1.54, 1.807) is 17.4 Å². The molecule has 0 spiro atoms. The first-order chi connectivity index (χ1) is 10.6. The number of thiophene rings is 1. The lowest BCUT2D eigenvalue weighted by Crippen LogP contribution is -1.91. The molecule has 3 rings (SSSR count). The zero-order chi connectivity index (χ0) is 15.7. The largest absolute Gasteiger partial charge is 0.326 e. The summed E-state index contributed by atoms with van der Waals surface area (Å²) in [6.45, 7) is 0.496. The molecule has 1 heterocycles. The molecule has 0 unspecified atom stereocenters. The van der Waals surface area contributed by atoms with Gasteiger partial charge in [0.2, 0.25) is 0 Å². The van der Waals surface area contributed by atoms with Crippen molar-refractivity contribution in [3.05, 3.63) is 68.5 Å². The number of halogens is 3. The molecule has 22 heavy (non-hydrogen) atoms. The van der Waals surface area contributed by atoms with Crippen LogP contribution in [0.3, 0.4) is 0 Å². The van der Waals surface area contributed by atoms with Gasteiger partial charge in [0.05, 0.1) is 0 Å². The van der Waals surface area contributed by atoms with Crippen molar-refractivity contribution >= 4 is 46.1 Å². The minimum atomic E-state index is 0.496. The zero-order valence-corrected chi connectivity index (χ0v) is 14.5. The summed E-state index contributed by atoms with van der Waals surface area (Å²) in [7, 11) is 0. The van der Waals surface area contributed by atoms with E-state index in [1.807, 2.05) is 36.4 Å². The molecule has 2 N–H and O–H groups in total. The highest BCUT2D eigenvalue weighted by atomic mass is 35.5. The third-order valence-corrected chi connectivity index (χ3v) is 5.32. The van der Waals surface area contributed by atoms with E-state index in [0.717, 1.165) is 26.4 Å². The van der Waals surface area contributed by atoms with Gasteiger partial charge in [-0.15, -0.1) is 11.3 Å². The molecular formula is C17H12Cl3NS. The van der Waals surface area contributed by atoms with Gasteiger partial charge < -0.3 is 5.73 Å². The molecular weight excluding hydrogens is 357 g/mol. The molecule has 0 radical (unpaired) electrons. The van der Waals surface area contributed by atoms with Crippen molar-refractivity contribution in [1.29, 1.82) is 0 Å². The van der Waals surface area contributed by atoms with Crippen LogP contribution in [-0.2, 0) is 6.54 Å². The molecule has 3 aromatic rings. The Morgan fingerprint density at radius 1 is 0.818 bits per heavy atom. The number of rotatable bonds is 3. The topological polar surface area (TPSA) is 26.0 Å². The van der Waals surface area contributed by atoms with Crippen molar-refractivity contribution in [1.82, 2.24) is 0 Å². The normalized spacial score (nSPS) is 10.9. The van der Waals surface area contributed by atoms with E-state index >= 15 is 0 Å². The fraction of sp³-hybridized carbons (Fsp3) is 0.0588. The van der Waals surface area contributed by atoms with Crippen LogP contribution in [0.25, 0.3) is 21.6 Å². The van der Waals surface area contributed by atoms with Crippen LogP contribution in [0.5, 0.6) is 0 Å². The van der Waals surface area contributed by atoms with Gasteiger partial charge in [-0.25, -0.2) is 0 Å². The number of hydrogen-bond donors (Lipinski definition) is 1. The lowest BCUT2D eigenvalue weighted by molar-refractivity contribution is 1.11. The lowest BCUT2D eigenvalue weighted by atomic mass is 10.0. The predicted molar refractivity (Wildman–Crippen MR) is 98.1 cm³/mol. The van der Waals surface area contributed by atoms with Crippen molar-refractivity contribution in [2.24, 2.45) is 5.73 Å². The van der Waals surface area contributed by atoms with E-state index in [2.05, 4.69) is 6.07 Å².